The van der Waals surface area contributed by atoms with E-state index in [9.17, 15) is 18.0 Å². The molecule has 2 saturated heterocycles. The summed E-state index contributed by atoms with van der Waals surface area (Å²) < 4.78 is 26.1. The van der Waals surface area contributed by atoms with Crippen molar-refractivity contribution in [2.45, 2.75) is 57.0 Å². The van der Waals surface area contributed by atoms with Gasteiger partial charge in [0, 0.05) is 38.1 Å². The Kier molecular flexibility index (Phi) is 4.52. The lowest BCUT2D eigenvalue weighted by atomic mass is 9.88. The number of carbonyl (C=O) groups excluding carboxylic acids is 2. The van der Waals surface area contributed by atoms with Crippen LogP contribution in [0.25, 0.3) is 0 Å². The summed E-state index contributed by atoms with van der Waals surface area (Å²) in [5.41, 5.74) is 0. The van der Waals surface area contributed by atoms with Gasteiger partial charge < -0.3 is 4.90 Å². The lowest BCUT2D eigenvalue weighted by molar-refractivity contribution is -0.143. The minimum absolute atomic E-state index is 0.00229. The van der Waals surface area contributed by atoms with Crippen LogP contribution in [0.1, 0.15) is 44.9 Å². The Morgan fingerprint density at radius 3 is 2.36 bits per heavy atom. The summed E-state index contributed by atoms with van der Waals surface area (Å²) >= 11 is 0. The van der Waals surface area contributed by atoms with Crippen LogP contribution in [0.5, 0.6) is 0 Å². The smallest absolute Gasteiger partial charge is 0.255 e. The number of fused-ring (bicyclic) bond motifs is 1. The van der Waals surface area contributed by atoms with Crippen molar-refractivity contribution in [1.29, 1.82) is 0 Å². The molecule has 0 aromatic heterocycles. The predicted octanol–water partition coefficient (Wildman–Crippen LogP) is 0.414. The van der Waals surface area contributed by atoms with E-state index in [1.807, 2.05) is 9.80 Å². The van der Waals surface area contributed by atoms with Gasteiger partial charge in [0.15, 0.2) is 0 Å². The number of hydrogen-bond donors (Lipinski definition) is 0. The fourth-order valence-corrected chi connectivity index (χ4v) is 6.18. The molecule has 4 rings (SSSR count). The SMILES string of the molecule is O=C(C1CCCCC1)N1CCN2CCS(=O)(=O)N(C3CC3)C(=O)C2C1. The standard InChI is InChI=1S/C17H27N3O4S/c21-16(13-4-2-1-3-5-13)19-9-8-18-10-11-25(23,24)20(14-6-7-14)17(22)15(18)12-19/h13-15H,1-12H2. The summed E-state index contributed by atoms with van der Waals surface area (Å²) in [5, 5.41) is 0. The fraction of sp³-hybridized carbons (Fsp3) is 0.882. The van der Waals surface area contributed by atoms with Crippen molar-refractivity contribution in [1.82, 2.24) is 14.1 Å². The Bertz CT molecular complexity index is 655. The maximum absolute atomic E-state index is 13.0. The van der Waals surface area contributed by atoms with Gasteiger partial charge in [-0.15, -0.1) is 0 Å². The van der Waals surface area contributed by atoms with Gasteiger partial charge in [0.25, 0.3) is 5.91 Å². The number of nitrogens with zero attached hydrogens (tertiary/aromatic N) is 3. The van der Waals surface area contributed by atoms with Crippen LogP contribution in [0.15, 0.2) is 0 Å². The maximum atomic E-state index is 13.0. The molecule has 2 aliphatic heterocycles. The number of rotatable bonds is 2. The predicted molar refractivity (Wildman–Crippen MR) is 92.2 cm³/mol. The molecule has 0 N–H and O–H groups in total. The number of piperazine rings is 1. The molecule has 25 heavy (non-hydrogen) atoms. The zero-order valence-corrected chi connectivity index (χ0v) is 15.4. The van der Waals surface area contributed by atoms with Gasteiger partial charge in [-0.3, -0.25) is 14.5 Å². The minimum atomic E-state index is -3.52. The monoisotopic (exact) mass is 369 g/mol. The average Bonchev–Trinajstić information content (AvgIpc) is 3.44. The van der Waals surface area contributed by atoms with Crippen molar-refractivity contribution < 1.29 is 18.0 Å². The molecule has 2 saturated carbocycles. The van der Waals surface area contributed by atoms with Gasteiger partial charge in [-0.25, -0.2) is 12.7 Å². The second-order valence-electron chi connectivity index (χ2n) is 7.85. The summed E-state index contributed by atoms with van der Waals surface area (Å²) in [4.78, 5) is 29.6. The molecule has 1 atom stereocenters. The molecule has 7 nitrogen and oxygen atoms in total. The van der Waals surface area contributed by atoms with Gasteiger partial charge in [0.05, 0.1) is 5.75 Å². The lowest BCUT2D eigenvalue weighted by Crippen LogP contribution is -2.60. The van der Waals surface area contributed by atoms with E-state index >= 15 is 0 Å². The molecule has 8 heteroatoms. The quantitative estimate of drug-likeness (QED) is 0.705. The number of sulfonamides is 1. The first-order valence-electron chi connectivity index (χ1n) is 9.56. The highest BCUT2D eigenvalue weighted by Gasteiger charge is 2.48. The molecule has 0 radical (unpaired) electrons. The highest BCUT2D eigenvalue weighted by atomic mass is 32.2. The van der Waals surface area contributed by atoms with Gasteiger partial charge in [-0.2, -0.15) is 0 Å². The van der Waals surface area contributed by atoms with Crippen molar-refractivity contribution in [3.63, 3.8) is 0 Å². The number of hydrogen-bond acceptors (Lipinski definition) is 5. The summed E-state index contributed by atoms with van der Waals surface area (Å²) in [7, 11) is -3.52. The van der Waals surface area contributed by atoms with Crippen LogP contribution in [0, 0.1) is 5.92 Å². The van der Waals surface area contributed by atoms with Crippen LogP contribution < -0.4 is 0 Å². The van der Waals surface area contributed by atoms with E-state index in [1.54, 1.807) is 0 Å². The van der Waals surface area contributed by atoms with Gasteiger partial charge in [0.2, 0.25) is 15.9 Å². The molecule has 2 aliphatic carbocycles. The molecule has 0 aromatic rings. The van der Waals surface area contributed by atoms with E-state index in [0.717, 1.165) is 42.8 Å². The summed E-state index contributed by atoms with van der Waals surface area (Å²) in [6.07, 6.45) is 6.83. The molecular weight excluding hydrogens is 342 g/mol. The molecule has 4 fully saturated rings. The zero-order chi connectivity index (χ0) is 17.6. The van der Waals surface area contributed by atoms with E-state index in [-0.39, 0.29) is 29.5 Å². The van der Waals surface area contributed by atoms with Crippen LogP contribution in [0.4, 0.5) is 0 Å². The Morgan fingerprint density at radius 2 is 1.68 bits per heavy atom. The van der Waals surface area contributed by atoms with Crippen molar-refractivity contribution in [2.24, 2.45) is 5.92 Å². The molecule has 0 bridgehead atoms. The van der Waals surface area contributed by atoms with Crippen LogP contribution in [-0.4, -0.2) is 78.4 Å². The first kappa shape index (κ1) is 17.3. The van der Waals surface area contributed by atoms with Gasteiger partial charge in [-0.05, 0) is 25.7 Å². The summed E-state index contributed by atoms with van der Waals surface area (Å²) in [6, 6.07) is -0.652. The van der Waals surface area contributed by atoms with Gasteiger partial charge in [0.1, 0.15) is 6.04 Å². The lowest BCUT2D eigenvalue weighted by Gasteiger charge is -2.41. The molecular formula is C17H27N3O4S. The largest absolute Gasteiger partial charge is 0.339 e. The molecule has 0 aromatic carbocycles. The van der Waals surface area contributed by atoms with Crippen molar-refractivity contribution in [2.75, 3.05) is 31.9 Å². The van der Waals surface area contributed by atoms with Crippen LogP contribution in [-0.2, 0) is 19.6 Å². The molecule has 140 valence electrons. The van der Waals surface area contributed by atoms with Gasteiger partial charge >= 0.3 is 0 Å². The third-order valence-corrected chi connectivity index (χ3v) is 7.85. The molecule has 2 heterocycles. The highest BCUT2D eigenvalue weighted by molar-refractivity contribution is 7.89. The maximum Gasteiger partial charge on any atom is 0.255 e. The Balaban J connectivity index is 1.51. The fourth-order valence-electron chi connectivity index (χ4n) is 4.46. The molecule has 4 aliphatic rings. The molecule has 2 amide bonds. The zero-order valence-electron chi connectivity index (χ0n) is 14.6. The third kappa shape index (κ3) is 3.30. The van der Waals surface area contributed by atoms with Crippen LogP contribution >= 0.6 is 0 Å². The summed E-state index contributed by atoms with van der Waals surface area (Å²) in [6.45, 7) is 1.91. The minimum Gasteiger partial charge on any atom is -0.339 e. The van der Waals surface area contributed by atoms with E-state index in [2.05, 4.69) is 0 Å². The van der Waals surface area contributed by atoms with Crippen LogP contribution in [0.3, 0.4) is 0 Å². The topological polar surface area (TPSA) is 78.0 Å². The van der Waals surface area contributed by atoms with Gasteiger partial charge in [-0.1, -0.05) is 19.3 Å². The Labute approximate surface area is 149 Å². The molecule has 1 unspecified atom stereocenters. The number of amides is 2. The van der Waals surface area contributed by atoms with Crippen LogP contribution in [0.2, 0.25) is 0 Å². The first-order chi connectivity index (χ1) is 12.0. The van der Waals surface area contributed by atoms with E-state index in [4.69, 9.17) is 0 Å². The van der Waals surface area contributed by atoms with Crippen molar-refractivity contribution in [3.8, 4) is 0 Å². The Hall–Kier alpha value is -1.15. The second kappa shape index (κ2) is 6.54. The van der Waals surface area contributed by atoms with Crippen molar-refractivity contribution in [3.05, 3.63) is 0 Å². The first-order valence-corrected chi connectivity index (χ1v) is 11.2. The normalized spacial score (nSPS) is 31.5. The van der Waals surface area contributed by atoms with Crippen molar-refractivity contribution >= 4 is 21.8 Å². The van der Waals surface area contributed by atoms with E-state index < -0.39 is 16.1 Å². The average molecular weight is 369 g/mol. The summed E-state index contributed by atoms with van der Waals surface area (Å²) in [5.74, 6) is -0.0645. The molecule has 0 spiro atoms. The number of carbonyl (C=O) groups is 2. The highest BCUT2D eigenvalue weighted by Crippen LogP contribution is 2.33. The Morgan fingerprint density at radius 1 is 0.960 bits per heavy atom. The van der Waals surface area contributed by atoms with E-state index in [0.29, 0.717) is 26.2 Å². The second-order valence-corrected chi connectivity index (χ2v) is 9.82. The van der Waals surface area contributed by atoms with E-state index in [1.165, 1.54) is 6.42 Å². The third-order valence-electron chi connectivity index (χ3n) is 6.07.